The van der Waals surface area contributed by atoms with Gasteiger partial charge in [0, 0.05) is 11.3 Å². The number of hydrogen-bond donors (Lipinski definition) is 2. The van der Waals surface area contributed by atoms with Crippen molar-refractivity contribution in [1.82, 2.24) is 0 Å². The van der Waals surface area contributed by atoms with Gasteiger partial charge in [-0.05, 0) is 23.3 Å². The second kappa shape index (κ2) is 6.98. The maximum atomic E-state index is 13.2. The first-order chi connectivity index (χ1) is 13.6. The Balaban J connectivity index is 1.96. The lowest BCUT2D eigenvalue weighted by molar-refractivity contribution is -0.154. The van der Waals surface area contributed by atoms with E-state index in [1.807, 2.05) is 91.0 Å². The minimum absolute atomic E-state index is 0.560. The van der Waals surface area contributed by atoms with Crippen LogP contribution in [0, 0.1) is 0 Å². The Hall–Kier alpha value is -3.37. The molecule has 0 aliphatic carbocycles. The quantitative estimate of drug-likeness (QED) is 0.679. The topological polar surface area (TPSA) is 58.6 Å². The fourth-order valence-electron chi connectivity index (χ4n) is 3.88. The lowest BCUT2D eigenvalue weighted by atomic mass is 9.73. The summed E-state index contributed by atoms with van der Waals surface area (Å²) in [5.41, 5.74) is -0.287. The first-order valence-corrected chi connectivity index (χ1v) is 9.10. The van der Waals surface area contributed by atoms with Crippen molar-refractivity contribution in [2.45, 2.75) is 11.1 Å². The second-order valence-corrected chi connectivity index (χ2v) is 6.79. The van der Waals surface area contributed by atoms with Crippen molar-refractivity contribution in [1.29, 1.82) is 0 Å². The van der Waals surface area contributed by atoms with Crippen LogP contribution < -0.4 is 5.32 Å². The number of fused-ring (bicyclic) bond motifs is 1. The molecule has 28 heavy (non-hydrogen) atoms. The van der Waals surface area contributed by atoms with Gasteiger partial charge in [-0.15, -0.1) is 0 Å². The maximum absolute atomic E-state index is 13.2. The number of aliphatic hydroxyl groups is 1. The van der Waals surface area contributed by atoms with E-state index in [0.29, 0.717) is 16.8 Å². The number of rotatable bonds is 4. The second-order valence-electron chi connectivity index (χ2n) is 6.79. The third-order valence-electron chi connectivity index (χ3n) is 5.25. The van der Waals surface area contributed by atoms with Gasteiger partial charge in [0.15, 0.2) is 5.54 Å². The molecular weight excluding hydrogens is 350 g/mol. The molecule has 1 aliphatic heterocycles. The summed E-state index contributed by atoms with van der Waals surface area (Å²) < 4.78 is 5.18. The van der Waals surface area contributed by atoms with E-state index in [1.165, 1.54) is 7.11 Å². The van der Waals surface area contributed by atoms with Crippen molar-refractivity contribution in [2.75, 3.05) is 12.4 Å². The third-order valence-corrected chi connectivity index (χ3v) is 5.25. The van der Waals surface area contributed by atoms with Gasteiger partial charge in [-0.2, -0.15) is 0 Å². The Bertz CT molecular complexity index is 1020. The maximum Gasteiger partial charge on any atom is 0.340 e. The molecule has 1 heterocycles. The fraction of sp³-hybridized carbons (Fsp3) is 0.125. The molecule has 4 heteroatoms. The average molecular weight is 371 g/mol. The lowest BCUT2D eigenvalue weighted by Gasteiger charge is -2.38. The van der Waals surface area contributed by atoms with Gasteiger partial charge >= 0.3 is 5.97 Å². The van der Waals surface area contributed by atoms with E-state index in [2.05, 4.69) is 5.32 Å². The molecule has 2 N–H and O–H groups in total. The molecule has 0 aromatic heterocycles. The highest BCUT2D eigenvalue weighted by molar-refractivity contribution is 5.93. The average Bonchev–Trinajstić information content (AvgIpc) is 3.03. The van der Waals surface area contributed by atoms with Crippen molar-refractivity contribution in [3.8, 4) is 0 Å². The number of nitrogens with one attached hydrogen (secondary N) is 1. The molecule has 0 fully saturated rings. The van der Waals surface area contributed by atoms with Crippen LogP contribution in [0.15, 0.2) is 91.0 Å². The van der Waals surface area contributed by atoms with E-state index in [9.17, 15) is 9.90 Å². The largest absolute Gasteiger partial charge is 0.467 e. The van der Waals surface area contributed by atoms with Crippen LogP contribution >= 0.6 is 0 Å². The number of esters is 1. The van der Waals surface area contributed by atoms with E-state index < -0.39 is 17.1 Å². The van der Waals surface area contributed by atoms with Gasteiger partial charge in [0.1, 0.15) is 5.60 Å². The van der Waals surface area contributed by atoms with Crippen molar-refractivity contribution < 1.29 is 14.6 Å². The predicted octanol–water partition coefficient (Wildman–Crippen LogP) is 4.08. The molecule has 0 saturated heterocycles. The first kappa shape index (κ1) is 18.0. The van der Waals surface area contributed by atoms with E-state index in [1.54, 1.807) is 6.08 Å². The Morgan fingerprint density at radius 1 is 0.929 bits per heavy atom. The molecule has 0 spiro atoms. The standard InChI is InChI=1S/C24H21NO3/c1-28-22(26)24(19-12-6-3-7-13-19)23(27,17-16-18-10-4-2-5-11-18)20-14-8-9-15-21(20)25-24/h2-17,25,27H,1H3/b17-16+/t23-,24-/m0/s1. The number of methoxy groups -OCH3 is 1. The molecule has 0 saturated carbocycles. The number of carbonyl (C=O) groups excluding carboxylic acids is 1. The highest BCUT2D eigenvalue weighted by atomic mass is 16.5. The Morgan fingerprint density at radius 2 is 1.54 bits per heavy atom. The molecule has 3 aromatic rings. The third kappa shape index (κ3) is 2.62. The van der Waals surface area contributed by atoms with Gasteiger partial charge in [-0.3, -0.25) is 0 Å². The Morgan fingerprint density at radius 3 is 2.21 bits per heavy atom. The van der Waals surface area contributed by atoms with Crippen molar-refractivity contribution in [3.05, 3.63) is 108 Å². The molecule has 1 aliphatic rings. The monoisotopic (exact) mass is 371 g/mol. The summed E-state index contributed by atoms with van der Waals surface area (Å²) in [6.45, 7) is 0. The summed E-state index contributed by atoms with van der Waals surface area (Å²) in [5.74, 6) is -0.560. The van der Waals surface area contributed by atoms with Crippen LogP contribution in [-0.4, -0.2) is 18.2 Å². The van der Waals surface area contributed by atoms with E-state index in [0.717, 1.165) is 5.56 Å². The zero-order valence-corrected chi connectivity index (χ0v) is 15.5. The highest BCUT2D eigenvalue weighted by Crippen LogP contribution is 2.53. The van der Waals surface area contributed by atoms with Crippen LogP contribution in [0.25, 0.3) is 6.08 Å². The van der Waals surface area contributed by atoms with E-state index in [-0.39, 0.29) is 0 Å². The van der Waals surface area contributed by atoms with Crippen molar-refractivity contribution in [2.24, 2.45) is 0 Å². The molecule has 0 radical (unpaired) electrons. The van der Waals surface area contributed by atoms with Gasteiger partial charge < -0.3 is 15.2 Å². The number of ether oxygens (including phenoxy) is 1. The normalized spacial score (nSPS) is 23.2. The smallest absolute Gasteiger partial charge is 0.340 e. The number of anilines is 1. The minimum atomic E-state index is -1.64. The van der Waals surface area contributed by atoms with Crippen molar-refractivity contribution in [3.63, 3.8) is 0 Å². The zero-order chi connectivity index (χ0) is 19.6. The van der Waals surface area contributed by atoms with Crippen LogP contribution in [0.5, 0.6) is 0 Å². The Labute approximate surface area is 164 Å². The van der Waals surface area contributed by atoms with Gasteiger partial charge in [0.2, 0.25) is 0 Å². The Kier molecular flexibility index (Phi) is 4.49. The summed E-state index contributed by atoms with van der Waals surface area (Å²) in [4.78, 5) is 13.2. The van der Waals surface area contributed by atoms with Gasteiger partial charge in [-0.1, -0.05) is 84.9 Å². The van der Waals surface area contributed by atoms with Crippen LogP contribution in [0.3, 0.4) is 0 Å². The molecule has 4 nitrogen and oxygen atoms in total. The summed E-state index contributed by atoms with van der Waals surface area (Å²) in [6, 6.07) is 26.2. The zero-order valence-electron chi connectivity index (χ0n) is 15.5. The minimum Gasteiger partial charge on any atom is -0.467 e. The van der Waals surface area contributed by atoms with E-state index in [4.69, 9.17) is 4.74 Å². The molecule has 140 valence electrons. The molecular formula is C24H21NO3. The molecule has 3 aromatic carbocycles. The van der Waals surface area contributed by atoms with Gasteiger partial charge in [0.25, 0.3) is 0 Å². The van der Waals surface area contributed by atoms with Crippen LogP contribution in [0.2, 0.25) is 0 Å². The number of benzene rings is 3. The highest BCUT2D eigenvalue weighted by Gasteiger charge is 2.62. The lowest BCUT2D eigenvalue weighted by Crippen LogP contribution is -2.55. The number of hydrogen-bond acceptors (Lipinski definition) is 4. The summed E-state index contributed by atoms with van der Waals surface area (Å²) in [7, 11) is 1.33. The van der Waals surface area contributed by atoms with Crippen molar-refractivity contribution >= 4 is 17.7 Å². The predicted molar refractivity (Wildman–Crippen MR) is 110 cm³/mol. The first-order valence-electron chi connectivity index (χ1n) is 9.10. The summed E-state index contributed by atoms with van der Waals surface area (Å²) in [6.07, 6.45) is 3.50. The SMILES string of the molecule is COC(=O)[C@]1(c2ccccc2)Nc2ccccc2[C@@]1(O)/C=C/c1ccccc1. The van der Waals surface area contributed by atoms with E-state index >= 15 is 0 Å². The molecule has 2 atom stereocenters. The van der Waals surface area contributed by atoms with Crippen LogP contribution in [-0.2, 0) is 20.7 Å². The van der Waals surface area contributed by atoms with Gasteiger partial charge in [0.05, 0.1) is 7.11 Å². The number of carbonyl (C=O) groups is 1. The molecule has 0 bridgehead atoms. The molecule has 0 amide bonds. The van der Waals surface area contributed by atoms with Crippen LogP contribution in [0.4, 0.5) is 5.69 Å². The summed E-state index contributed by atoms with van der Waals surface area (Å²) in [5, 5.41) is 15.3. The number of para-hydroxylation sites is 1. The fourth-order valence-corrected chi connectivity index (χ4v) is 3.88. The van der Waals surface area contributed by atoms with Crippen LogP contribution in [0.1, 0.15) is 16.7 Å². The summed E-state index contributed by atoms with van der Waals surface area (Å²) >= 11 is 0. The molecule has 0 unspecified atom stereocenters. The molecule has 4 rings (SSSR count). The van der Waals surface area contributed by atoms with Gasteiger partial charge in [-0.25, -0.2) is 4.79 Å².